The third-order valence-electron chi connectivity index (χ3n) is 4.30. The molecule has 2 heterocycles. The number of nitrogens with one attached hydrogen (secondary N) is 1. The van der Waals surface area contributed by atoms with Crippen molar-refractivity contribution in [1.82, 2.24) is 15.1 Å². The molecular formula is C19H21FN4O2S. The zero-order valence-corrected chi connectivity index (χ0v) is 15.7. The van der Waals surface area contributed by atoms with Gasteiger partial charge in [0.05, 0.1) is 11.3 Å². The van der Waals surface area contributed by atoms with E-state index in [2.05, 4.69) is 15.5 Å². The highest BCUT2D eigenvalue weighted by atomic mass is 32.2. The van der Waals surface area contributed by atoms with Gasteiger partial charge in [0.2, 0.25) is 5.91 Å². The summed E-state index contributed by atoms with van der Waals surface area (Å²) in [4.78, 5) is 26.3. The Morgan fingerprint density at radius 3 is 2.44 bits per heavy atom. The molecule has 1 N–H and O–H groups in total. The van der Waals surface area contributed by atoms with Crippen molar-refractivity contribution in [3.8, 4) is 0 Å². The van der Waals surface area contributed by atoms with Gasteiger partial charge in [-0.05, 0) is 37.1 Å². The van der Waals surface area contributed by atoms with Crippen molar-refractivity contribution in [1.29, 1.82) is 0 Å². The summed E-state index contributed by atoms with van der Waals surface area (Å²) in [6.07, 6.45) is 4.49. The molecular weight excluding hydrogens is 367 g/mol. The highest BCUT2D eigenvalue weighted by molar-refractivity contribution is 7.99. The molecule has 2 aromatic rings. The van der Waals surface area contributed by atoms with Crippen molar-refractivity contribution in [3.05, 3.63) is 47.8 Å². The third-order valence-corrected chi connectivity index (χ3v) is 5.21. The molecule has 0 radical (unpaired) electrons. The van der Waals surface area contributed by atoms with Crippen molar-refractivity contribution in [2.24, 2.45) is 0 Å². The van der Waals surface area contributed by atoms with Gasteiger partial charge in [0.25, 0.3) is 5.91 Å². The number of carbonyl (C=O) groups is 2. The number of carbonyl (C=O) groups excluding carboxylic acids is 2. The van der Waals surface area contributed by atoms with Crippen LogP contribution in [0, 0.1) is 5.82 Å². The van der Waals surface area contributed by atoms with Crippen LogP contribution < -0.4 is 5.32 Å². The quantitative estimate of drug-likeness (QED) is 0.795. The first kappa shape index (κ1) is 19.3. The van der Waals surface area contributed by atoms with Gasteiger partial charge >= 0.3 is 0 Å². The van der Waals surface area contributed by atoms with Crippen molar-refractivity contribution in [3.63, 3.8) is 0 Å². The second-order valence-electron chi connectivity index (χ2n) is 6.27. The van der Waals surface area contributed by atoms with Crippen LogP contribution in [0.15, 0.2) is 41.4 Å². The van der Waals surface area contributed by atoms with Gasteiger partial charge in [0, 0.05) is 13.1 Å². The van der Waals surface area contributed by atoms with Gasteiger partial charge in [-0.15, -0.1) is 10.2 Å². The van der Waals surface area contributed by atoms with Crippen LogP contribution in [-0.4, -0.2) is 45.8 Å². The molecule has 3 rings (SSSR count). The summed E-state index contributed by atoms with van der Waals surface area (Å²) in [5, 5.41) is 11.1. The monoisotopic (exact) mass is 388 g/mol. The van der Waals surface area contributed by atoms with E-state index in [0.29, 0.717) is 10.8 Å². The Kier molecular flexibility index (Phi) is 6.75. The van der Waals surface area contributed by atoms with Crippen LogP contribution in [0.4, 0.5) is 10.2 Å². The molecule has 142 valence electrons. The van der Waals surface area contributed by atoms with E-state index in [1.165, 1.54) is 42.8 Å². The maximum absolute atomic E-state index is 13.6. The topological polar surface area (TPSA) is 75.2 Å². The molecule has 1 aliphatic rings. The number of anilines is 1. The predicted octanol–water partition coefficient (Wildman–Crippen LogP) is 3.36. The number of nitrogens with zero attached hydrogens (tertiary/aromatic N) is 3. The molecule has 0 aliphatic carbocycles. The molecule has 1 aromatic heterocycles. The van der Waals surface area contributed by atoms with Gasteiger partial charge in [-0.2, -0.15) is 0 Å². The van der Waals surface area contributed by atoms with Crippen LogP contribution in [0.1, 0.15) is 36.0 Å². The van der Waals surface area contributed by atoms with Crippen molar-refractivity contribution in [2.45, 2.75) is 30.7 Å². The third kappa shape index (κ3) is 5.50. The van der Waals surface area contributed by atoms with Crippen LogP contribution in [0.3, 0.4) is 0 Å². The number of amides is 2. The normalized spacial score (nSPS) is 14.5. The van der Waals surface area contributed by atoms with Gasteiger partial charge < -0.3 is 10.2 Å². The number of hydrogen-bond acceptors (Lipinski definition) is 5. The molecule has 0 bridgehead atoms. The molecule has 8 heteroatoms. The lowest BCUT2D eigenvalue weighted by Gasteiger charge is -2.19. The van der Waals surface area contributed by atoms with Crippen molar-refractivity contribution in [2.75, 3.05) is 24.2 Å². The lowest BCUT2D eigenvalue weighted by atomic mass is 10.2. The number of halogens is 1. The van der Waals surface area contributed by atoms with Crippen LogP contribution in [0.2, 0.25) is 0 Å². The lowest BCUT2D eigenvalue weighted by Crippen LogP contribution is -2.33. The number of hydrogen-bond donors (Lipinski definition) is 1. The molecule has 0 saturated carbocycles. The van der Waals surface area contributed by atoms with Gasteiger partial charge in [-0.3, -0.25) is 9.59 Å². The molecule has 1 fully saturated rings. The minimum Gasteiger partial charge on any atom is -0.342 e. The van der Waals surface area contributed by atoms with E-state index in [4.69, 9.17) is 0 Å². The fourth-order valence-electron chi connectivity index (χ4n) is 2.84. The molecule has 1 saturated heterocycles. The molecule has 27 heavy (non-hydrogen) atoms. The molecule has 0 spiro atoms. The first-order chi connectivity index (χ1) is 13.1. The van der Waals surface area contributed by atoms with E-state index in [9.17, 15) is 14.0 Å². The summed E-state index contributed by atoms with van der Waals surface area (Å²) in [6.45, 7) is 1.65. The highest BCUT2D eigenvalue weighted by Crippen LogP contribution is 2.18. The molecule has 1 aromatic carbocycles. The fourth-order valence-corrected chi connectivity index (χ4v) is 3.56. The minimum absolute atomic E-state index is 0.0548. The zero-order chi connectivity index (χ0) is 19.1. The second-order valence-corrected chi connectivity index (χ2v) is 7.27. The minimum atomic E-state index is -0.595. The molecule has 2 amide bonds. The Bertz CT molecular complexity index is 793. The largest absolute Gasteiger partial charge is 0.342 e. The Morgan fingerprint density at radius 1 is 1.04 bits per heavy atom. The second kappa shape index (κ2) is 9.45. The standard InChI is InChI=1S/C19H21FN4O2S/c20-15-8-4-3-7-14(15)19(26)21-16-9-10-17(23-22-16)27-13-18(25)24-11-5-1-2-6-12-24/h3-4,7-10H,1-2,5-6,11-13H2,(H,21,22,26). The van der Waals surface area contributed by atoms with Crippen molar-refractivity contribution < 1.29 is 14.0 Å². The average molecular weight is 388 g/mol. The van der Waals surface area contributed by atoms with Gasteiger partial charge in [0.15, 0.2) is 5.82 Å². The van der Waals surface area contributed by atoms with E-state index in [-0.39, 0.29) is 17.3 Å². The predicted molar refractivity (Wildman–Crippen MR) is 102 cm³/mol. The smallest absolute Gasteiger partial charge is 0.259 e. The number of rotatable bonds is 5. The van der Waals surface area contributed by atoms with Crippen LogP contribution in [-0.2, 0) is 4.79 Å². The van der Waals surface area contributed by atoms with Crippen LogP contribution in [0.5, 0.6) is 0 Å². The van der Waals surface area contributed by atoms with Gasteiger partial charge in [-0.25, -0.2) is 4.39 Å². The van der Waals surface area contributed by atoms with E-state index >= 15 is 0 Å². The molecule has 6 nitrogen and oxygen atoms in total. The SMILES string of the molecule is O=C(Nc1ccc(SCC(=O)N2CCCCCC2)nn1)c1ccccc1F. The summed E-state index contributed by atoms with van der Waals surface area (Å²) in [5.74, 6) is -0.524. The first-order valence-corrected chi connectivity index (χ1v) is 9.92. The number of likely N-dealkylation sites (tertiary alicyclic amines) is 1. The van der Waals surface area contributed by atoms with E-state index < -0.39 is 11.7 Å². The van der Waals surface area contributed by atoms with E-state index in [1.807, 2.05) is 4.90 Å². The highest BCUT2D eigenvalue weighted by Gasteiger charge is 2.16. The Balaban J connectivity index is 1.52. The molecule has 1 aliphatic heterocycles. The average Bonchev–Trinajstić information content (AvgIpc) is 2.97. The fraction of sp³-hybridized carbons (Fsp3) is 0.368. The summed E-state index contributed by atoms with van der Waals surface area (Å²) < 4.78 is 13.6. The summed E-state index contributed by atoms with van der Waals surface area (Å²) in [5.41, 5.74) is -0.0548. The Morgan fingerprint density at radius 2 is 1.78 bits per heavy atom. The van der Waals surface area contributed by atoms with E-state index in [1.54, 1.807) is 18.2 Å². The van der Waals surface area contributed by atoms with Crippen molar-refractivity contribution >= 4 is 29.4 Å². The van der Waals surface area contributed by atoms with Crippen LogP contribution in [0.25, 0.3) is 0 Å². The summed E-state index contributed by atoms with van der Waals surface area (Å²) in [7, 11) is 0. The Hall–Kier alpha value is -2.48. The lowest BCUT2D eigenvalue weighted by molar-refractivity contribution is -0.128. The summed E-state index contributed by atoms with van der Waals surface area (Å²) >= 11 is 1.32. The van der Waals surface area contributed by atoms with Crippen LogP contribution >= 0.6 is 11.8 Å². The zero-order valence-electron chi connectivity index (χ0n) is 14.9. The number of benzene rings is 1. The van der Waals surface area contributed by atoms with Gasteiger partial charge in [0.1, 0.15) is 10.8 Å². The maximum atomic E-state index is 13.6. The summed E-state index contributed by atoms with van der Waals surface area (Å²) in [6, 6.07) is 9.00. The van der Waals surface area contributed by atoms with E-state index in [0.717, 1.165) is 25.9 Å². The van der Waals surface area contributed by atoms with Gasteiger partial charge in [-0.1, -0.05) is 36.7 Å². The number of aromatic nitrogens is 2. The maximum Gasteiger partial charge on any atom is 0.259 e. The first-order valence-electron chi connectivity index (χ1n) is 8.93. The molecule has 0 unspecified atom stereocenters. The molecule has 0 atom stereocenters. The Labute approximate surface area is 161 Å². The number of thioether (sulfide) groups is 1.